The van der Waals surface area contributed by atoms with Gasteiger partial charge in [-0.05, 0) is 36.8 Å². The molecule has 1 aromatic carbocycles. The van der Waals surface area contributed by atoms with Crippen LogP contribution in [-0.4, -0.2) is 42.3 Å². The number of hydrogen-bond donors (Lipinski definition) is 3. The Labute approximate surface area is 165 Å². The Morgan fingerprint density at radius 1 is 1.29 bits per heavy atom. The molecule has 0 radical (unpaired) electrons. The van der Waals surface area contributed by atoms with Crippen molar-refractivity contribution in [3.05, 3.63) is 71.6 Å². The third-order valence-electron chi connectivity index (χ3n) is 4.26. The van der Waals surface area contributed by atoms with Crippen molar-refractivity contribution in [2.75, 3.05) is 17.7 Å². The highest BCUT2D eigenvalue weighted by Crippen LogP contribution is 2.35. The number of H-pyrrole nitrogens is 1. The van der Waals surface area contributed by atoms with Gasteiger partial charge in [0.1, 0.15) is 17.2 Å². The number of anilines is 2. The topological polar surface area (TPSA) is 91.1 Å². The van der Waals surface area contributed by atoms with Crippen LogP contribution in [0.1, 0.15) is 22.2 Å². The van der Waals surface area contributed by atoms with Crippen molar-refractivity contribution in [3.63, 3.8) is 0 Å². The molecule has 3 heterocycles. The summed E-state index contributed by atoms with van der Waals surface area (Å²) in [6.07, 6.45) is 3.59. The van der Waals surface area contributed by atoms with Crippen molar-refractivity contribution in [1.29, 1.82) is 0 Å². The van der Waals surface area contributed by atoms with Gasteiger partial charge in [0.05, 0.1) is 18.1 Å². The summed E-state index contributed by atoms with van der Waals surface area (Å²) >= 11 is 1.51. The fourth-order valence-corrected chi connectivity index (χ4v) is 3.81. The van der Waals surface area contributed by atoms with Crippen LogP contribution in [0.2, 0.25) is 0 Å². The van der Waals surface area contributed by atoms with Gasteiger partial charge >= 0.3 is 0 Å². The Bertz CT molecular complexity index is 1080. The second-order valence-corrected chi connectivity index (χ2v) is 7.45. The van der Waals surface area contributed by atoms with E-state index in [1.54, 1.807) is 22.8 Å². The number of nitrogens with one attached hydrogen (secondary N) is 2. The standard InChI is InChI=1S/C19H19FN6OS/c1-12-11-21-24-17(12)22-18-15-3-2-8-26(15)25-19(23-18)16(28-10-9-27)13-4-6-14(20)7-5-13/h2-8,11,16,27H,9-10H2,1H3,(H2,21,22,23,24,25). The van der Waals surface area contributed by atoms with Crippen LogP contribution in [0.5, 0.6) is 0 Å². The van der Waals surface area contributed by atoms with E-state index in [2.05, 4.69) is 20.6 Å². The molecule has 0 bridgehead atoms. The maximum atomic E-state index is 13.4. The summed E-state index contributed by atoms with van der Waals surface area (Å²) in [5.74, 6) is 2.17. The molecule has 4 aromatic rings. The second kappa shape index (κ2) is 7.99. The molecule has 4 rings (SSSR count). The van der Waals surface area contributed by atoms with Gasteiger partial charge in [0, 0.05) is 17.5 Å². The first-order valence-electron chi connectivity index (χ1n) is 8.76. The van der Waals surface area contributed by atoms with Crippen LogP contribution in [-0.2, 0) is 0 Å². The molecule has 7 nitrogen and oxygen atoms in total. The number of aliphatic hydroxyl groups excluding tert-OH is 1. The molecule has 0 saturated heterocycles. The van der Waals surface area contributed by atoms with Crippen molar-refractivity contribution >= 4 is 28.9 Å². The second-order valence-electron chi connectivity index (χ2n) is 6.24. The highest BCUT2D eigenvalue weighted by Gasteiger charge is 2.21. The molecule has 3 N–H and O–H groups in total. The van der Waals surface area contributed by atoms with Crippen molar-refractivity contribution < 1.29 is 9.50 Å². The van der Waals surface area contributed by atoms with E-state index < -0.39 is 0 Å². The number of aromatic amines is 1. The Hall–Kier alpha value is -2.91. The average Bonchev–Trinajstić information content (AvgIpc) is 3.33. The first kappa shape index (κ1) is 18.5. The third-order valence-corrected chi connectivity index (χ3v) is 5.50. The monoisotopic (exact) mass is 398 g/mol. The molecule has 0 fully saturated rings. The Morgan fingerprint density at radius 3 is 2.82 bits per heavy atom. The SMILES string of the molecule is Cc1cn[nH]c1Nc1nc(C(SCCO)c2ccc(F)cc2)nn2cccc12. The predicted molar refractivity (Wildman–Crippen MR) is 107 cm³/mol. The molecule has 0 spiro atoms. The van der Waals surface area contributed by atoms with Gasteiger partial charge in [-0.15, -0.1) is 11.8 Å². The first-order chi connectivity index (χ1) is 13.7. The third kappa shape index (κ3) is 3.71. The van der Waals surface area contributed by atoms with E-state index in [-0.39, 0.29) is 17.7 Å². The summed E-state index contributed by atoms with van der Waals surface area (Å²) in [5, 5.41) is 23.9. The van der Waals surface area contributed by atoms with Gasteiger partial charge in [0.2, 0.25) is 0 Å². The number of halogens is 1. The number of aliphatic hydroxyl groups is 1. The molecule has 3 aromatic heterocycles. The number of rotatable bonds is 7. The molecule has 0 saturated carbocycles. The number of hydrogen-bond acceptors (Lipinski definition) is 6. The molecular weight excluding hydrogens is 379 g/mol. The summed E-state index contributed by atoms with van der Waals surface area (Å²) in [5.41, 5.74) is 2.66. The van der Waals surface area contributed by atoms with Gasteiger partial charge in [-0.3, -0.25) is 5.10 Å². The number of nitrogens with zero attached hydrogens (tertiary/aromatic N) is 4. The lowest BCUT2D eigenvalue weighted by Gasteiger charge is -2.17. The van der Waals surface area contributed by atoms with Gasteiger partial charge in [0.15, 0.2) is 11.6 Å². The molecule has 144 valence electrons. The molecule has 9 heteroatoms. The minimum absolute atomic E-state index is 0.0343. The Morgan fingerprint density at radius 2 is 2.11 bits per heavy atom. The van der Waals surface area contributed by atoms with Crippen LogP contribution in [0.4, 0.5) is 16.0 Å². The smallest absolute Gasteiger partial charge is 0.169 e. The van der Waals surface area contributed by atoms with Crippen LogP contribution in [0.25, 0.3) is 5.52 Å². The maximum Gasteiger partial charge on any atom is 0.169 e. The average molecular weight is 398 g/mol. The fraction of sp³-hybridized carbons (Fsp3) is 0.211. The van der Waals surface area contributed by atoms with Gasteiger partial charge in [0.25, 0.3) is 0 Å². The van der Waals surface area contributed by atoms with Crippen molar-refractivity contribution in [2.24, 2.45) is 0 Å². The van der Waals surface area contributed by atoms with E-state index in [9.17, 15) is 9.50 Å². The van der Waals surface area contributed by atoms with E-state index in [1.165, 1.54) is 23.9 Å². The van der Waals surface area contributed by atoms with E-state index in [0.29, 0.717) is 17.4 Å². The van der Waals surface area contributed by atoms with Gasteiger partial charge in [-0.25, -0.2) is 13.9 Å². The molecule has 0 amide bonds. The number of benzene rings is 1. The molecule has 0 aliphatic rings. The van der Waals surface area contributed by atoms with Gasteiger partial charge < -0.3 is 10.4 Å². The molecule has 0 aliphatic carbocycles. The van der Waals surface area contributed by atoms with E-state index in [0.717, 1.165) is 22.5 Å². The van der Waals surface area contributed by atoms with Gasteiger partial charge in [-0.2, -0.15) is 10.2 Å². The summed E-state index contributed by atoms with van der Waals surface area (Å²) in [6, 6.07) is 10.1. The van der Waals surface area contributed by atoms with E-state index >= 15 is 0 Å². The normalized spacial score (nSPS) is 12.4. The zero-order valence-electron chi connectivity index (χ0n) is 15.1. The minimum atomic E-state index is -0.298. The zero-order chi connectivity index (χ0) is 19.5. The largest absolute Gasteiger partial charge is 0.396 e. The van der Waals surface area contributed by atoms with Crippen LogP contribution in [0.3, 0.4) is 0 Å². The van der Waals surface area contributed by atoms with Gasteiger partial charge in [-0.1, -0.05) is 12.1 Å². The maximum absolute atomic E-state index is 13.4. The fourth-order valence-electron chi connectivity index (χ4n) is 2.87. The first-order valence-corrected chi connectivity index (χ1v) is 9.81. The lowest BCUT2D eigenvalue weighted by Crippen LogP contribution is -2.11. The molecule has 1 unspecified atom stereocenters. The zero-order valence-corrected chi connectivity index (χ0v) is 15.9. The number of aryl methyl sites for hydroxylation is 1. The molecular formula is C19H19FN6OS. The molecule has 28 heavy (non-hydrogen) atoms. The predicted octanol–water partition coefficient (Wildman–Crippen LogP) is 3.46. The Kier molecular flexibility index (Phi) is 5.27. The Balaban J connectivity index is 1.78. The number of aromatic nitrogens is 5. The lowest BCUT2D eigenvalue weighted by atomic mass is 10.1. The molecule has 1 atom stereocenters. The summed E-state index contributed by atoms with van der Waals surface area (Å²) in [6.45, 7) is 1.98. The lowest BCUT2D eigenvalue weighted by molar-refractivity contribution is 0.322. The summed E-state index contributed by atoms with van der Waals surface area (Å²) in [4.78, 5) is 4.75. The van der Waals surface area contributed by atoms with E-state index in [4.69, 9.17) is 4.98 Å². The highest BCUT2D eigenvalue weighted by atomic mass is 32.2. The summed E-state index contributed by atoms with van der Waals surface area (Å²) < 4.78 is 15.1. The van der Waals surface area contributed by atoms with E-state index in [1.807, 2.05) is 25.3 Å². The van der Waals surface area contributed by atoms with Crippen LogP contribution >= 0.6 is 11.8 Å². The molecule has 0 aliphatic heterocycles. The minimum Gasteiger partial charge on any atom is -0.396 e. The van der Waals surface area contributed by atoms with Crippen molar-refractivity contribution in [2.45, 2.75) is 12.2 Å². The van der Waals surface area contributed by atoms with Crippen LogP contribution in [0.15, 0.2) is 48.8 Å². The summed E-state index contributed by atoms with van der Waals surface area (Å²) in [7, 11) is 0. The van der Waals surface area contributed by atoms with Crippen LogP contribution < -0.4 is 5.32 Å². The number of fused-ring (bicyclic) bond motifs is 1. The van der Waals surface area contributed by atoms with Crippen LogP contribution in [0, 0.1) is 12.7 Å². The van der Waals surface area contributed by atoms with Crippen molar-refractivity contribution in [3.8, 4) is 0 Å². The quantitative estimate of drug-likeness (QED) is 0.442. The highest BCUT2D eigenvalue weighted by molar-refractivity contribution is 7.99. The van der Waals surface area contributed by atoms with Crippen molar-refractivity contribution in [1.82, 2.24) is 24.8 Å². The number of thioether (sulfide) groups is 1.